The molecule has 16 heavy (non-hydrogen) atoms. The Morgan fingerprint density at radius 3 is 2.38 bits per heavy atom. The van der Waals surface area contributed by atoms with Gasteiger partial charge in [-0.15, -0.1) is 0 Å². The second kappa shape index (κ2) is 4.20. The molecular weight excluding hydrogens is 204 g/mol. The van der Waals surface area contributed by atoms with E-state index in [-0.39, 0.29) is 5.92 Å². The maximum Gasteiger partial charge on any atom is 0.316 e. The number of carbonyl (C=O) groups is 1. The molecule has 1 N–H and O–H groups in total. The molecular formula is C12H18N2O2. The van der Waals surface area contributed by atoms with Crippen LogP contribution < -0.4 is 0 Å². The third-order valence-electron chi connectivity index (χ3n) is 2.56. The minimum absolute atomic E-state index is 0.269. The van der Waals surface area contributed by atoms with Crippen LogP contribution in [0.5, 0.6) is 0 Å². The average Bonchev–Trinajstić information content (AvgIpc) is 2.16. The van der Waals surface area contributed by atoms with Crippen LogP contribution >= 0.6 is 0 Å². The number of aliphatic carboxylic acids is 1. The van der Waals surface area contributed by atoms with Crippen molar-refractivity contribution in [2.45, 2.75) is 46.0 Å². The van der Waals surface area contributed by atoms with E-state index in [1.54, 1.807) is 13.8 Å². The standard InChI is InChI=1S/C12H18N2O2/c1-7(2)9-6-8(3)13-10(14-9)12(4,5)11(15)16/h6-7H,1-5H3,(H,15,16). The first-order chi connectivity index (χ1) is 7.25. The Balaban J connectivity index is 3.30. The first-order valence-corrected chi connectivity index (χ1v) is 5.34. The van der Waals surface area contributed by atoms with Gasteiger partial charge in [0.2, 0.25) is 0 Å². The van der Waals surface area contributed by atoms with Crippen LogP contribution in [0.15, 0.2) is 6.07 Å². The van der Waals surface area contributed by atoms with E-state index in [4.69, 9.17) is 5.11 Å². The van der Waals surface area contributed by atoms with E-state index in [1.165, 1.54) is 0 Å². The van der Waals surface area contributed by atoms with Gasteiger partial charge >= 0.3 is 5.97 Å². The molecule has 0 atom stereocenters. The molecule has 4 heteroatoms. The van der Waals surface area contributed by atoms with E-state index >= 15 is 0 Å². The molecule has 1 rings (SSSR count). The van der Waals surface area contributed by atoms with Crippen LogP contribution in [0.1, 0.15) is 50.8 Å². The summed E-state index contributed by atoms with van der Waals surface area (Å²) < 4.78 is 0. The molecule has 0 bridgehead atoms. The van der Waals surface area contributed by atoms with Crippen molar-refractivity contribution in [1.29, 1.82) is 0 Å². The van der Waals surface area contributed by atoms with Crippen molar-refractivity contribution < 1.29 is 9.90 Å². The second-order valence-electron chi connectivity index (χ2n) is 4.84. The first-order valence-electron chi connectivity index (χ1n) is 5.34. The number of rotatable bonds is 3. The van der Waals surface area contributed by atoms with Crippen molar-refractivity contribution in [2.24, 2.45) is 0 Å². The summed E-state index contributed by atoms with van der Waals surface area (Å²) in [5, 5.41) is 9.14. The lowest BCUT2D eigenvalue weighted by Gasteiger charge is -2.19. The van der Waals surface area contributed by atoms with Gasteiger partial charge in [0.1, 0.15) is 11.2 Å². The Morgan fingerprint density at radius 1 is 1.38 bits per heavy atom. The van der Waals surface area contributed by atoms with Gasteiger partial charge in [0.05, 0.1) is 0 Å². The van der Waals surface area contributed by atoms with Crippen LogP contribution in [0, 0.1) is 6.92 Å². The van der Waals surface area contributed by atoms with Crippen molar-refractivity contribution in [3.8, 4) is 0 Å². The molecule has 4 nitrogen and oxygen atoms in total. The van der Waals surface area contributed by atoms with Gasteiger partial charge in [-0.25, -0.2) is 9.97 Å². The summed E-state index contributed by atoms with van der Waals surface area (Å²) in [6.45, 7) is 9.15. The van der Waals surface area contributed by atoms with Crippen LogP contribution in [0.2, 0.25) is 0 Å². The molecule has 1 aromatic rings. The number of aromatic nitrogens is 2. The minimum atomic E-state index is -1.05. The molecule has 0 aromatic carbocycles. The topological polar surface area (TPSA) is 63.1 Å². The van der Waals surface area contributed by atoms with Gasteiger partial charge in [-0.05, 0) is 32.8 Å². The Morgan fingerprint density at radius 2 is 1.94 bits per heavy atom. The average molecular weight is 222 g/mol. The highest BCUT2D eigenvalue weighted by molar-refractivity contribution is 5.78. The van der Waals surface area contributed by atoms with Crippen LogP contribution in [0.4, 0.5) is 0 Å². The number of nitrogens with zero attached hydrogens (tertiary/aromatic N) is 2. The predicted molar refractivity (Wildman–Crippen MR) is 61.5 cm³/mol. The minimum Gasteiger partial charge on any atom is -0.481 e. The Labute approximate surface area is 95.7 Å². The highest BCUT2D eigenvalue weighted by Gasteiger charge is 2.33. The second-order valence-corrected chi connectivity index (χ2v) is 4.84. The highest BCUT2D eigenvalue weighted by atomic mass is 16.4. The van der Waals surface area contributed by atoms with E-state index in [2.05, 4.69) is 9.97 Å². The van der Waals surface area contributed by atoms with E-state index < -0.39 is 11.4 Å². The van der Waals surface area contributed by atoms with Crippen molar-refractivity contribution in [1.82, 2.24) is 9.97 Å². The number of carboxylic acid groups (broad SMARTS) is 1. The lowest BCUT2D eigenvalue weighted by molar-refractivity contribution is -0.142. The summed E-state index contributed by atoms with van der Waals surface area (Å²) in [4.78, 5) is 19.7. The summed E-state index contributed by atoms with van der Waals surface area (Å²) in [5.74, 6) is -0.262. The molecule has 0 saturated carbocycles. The SMILES string of the molecule is Cc1cc(C(C)C)nc(C(C)(C)C(=O)O)n1. The quantitative estimate of drug-likeness (QED) is 0.852. The van der Waals surface area contributed by atoms with E-state index in [9.17, 15) is 4.79 Å². The summed E-state index contributed by atoms with van der Waals surface area (Å²) in [6.07, 6.45) is 0. The van der Waals surface area contributed by atoms with Gasteiger partial charge in [-0.2, -0.15) is 0 Å². The molecule has 0 fully saturated rings. The third kappa shape index (κ3) is 2.38. The van der Waals surface area contributed by atoms with Gasteiger partial charge < -0.3 is 5.11 Å². The largest absolute Gasteiger partial charge is 0.481 e. The predicted octanol–water partition coefficient (Wildman–Crippen LogP) is 2.27. The Bertz CT molecular complexity index is 411. The first kappa shape index (κ1) is 12.6. The zero-order chi connectivity index (χ0) is 12.5. The zero-order valence-corrected chi connectivity index (χ0v) is 10.4. The molecule has 0 spiro atoms. The fraction of sp³-hybridized carbons (Fsp3) is 0.583. The third-order valence-corrected chi connectivity index (χ3v) is 2.56. The Kier molecular flexibility index (Phi) is 3.31. The molecule has 88 valence electrons. The van der Waals surface area contributed by atoms with Gasteiger partial charge in [0, 0.05) is 11.4 Å². The summed E-state index contributed by atoms with van der Waals surface area (Å²) in [6, 6.07) is 1.89. The van der Waals surface area contributed by atoms with Gasteiger partial charge in [-0.1, -0.05) is 13.8 Å². The summed E-state index contributed by atoms with van der Waals surface area (Å²) >= 11 is 0. The maximum absolute atomic E-state index is 11.1. The Hall–Kier alpha value is -1.45. The van der Waals surface area contributed by atoms with Gasteiger partial charge in [-0.3, -0.25) is 4.79 Å². The fourth-order valence-corrected chi connectivity index (χ4v) is 1.26. The normalized spacial score (nSPS) is 11.9. The van der Waals surface area contributed by atoms with Crippen molar-refractivity contribution in [3.05, 3.63) is 23.3 Å². The number of aryl methyl sites for hydroxylation is 1. The van der Waals surface area contributed by atoms with Crippen molar-refractivity contribution in [3.63, 3.8) is 0 Å². The molecule has 0 aliphatic rings. The van der Waals surface area contributed by atoms with Crippen LogP contribution in [0.25, 0.3) is 0 Å². The molecule has 0 unspecified atom stereocenters. The van der Waals surface area contributed by atoms with E-state index in [1.807, 2.05) is 26.8 Å². The molecule has 0 amide bonds. The molecule has 0 aliphatic heterocycles. The van der Waals surface area contributed by atoms with Crippen LogP contribution in [-0.2, 0) is 10.2 Å². The smallest absolute Gasteiger partial charge is 0.316 e. The monoisotopic (exact) mass is 222 g/mol. The molecule has 1 aromatic heterocycles. The lowest BCUT2D eigenvalue weighted by atomic mass is 9.92. The zero-order valence-electron chi connectivity index (χ0n) is 10.4. The summed E-state index contributed by atoms with van der Waals surface area (Å²) in [5.41, 5.74) is 0.648. The van der Waals surface area contributed by atoms with Crippen LogP contribution in [0.3, 0.4) is 0 Å². The van der Waals surface area contributed by atoms with Gasteiger partial charge in [0.25, 0.3) is 0 Å². The van der Waals surface area contributed by atoms with Crippen molar-refractivity contribution >= 4 is 5.97 Å². The van der Waals surface area contributed by atoms with Crippen molar-refractivity contribution in [2.75, 3.05) is 0 Å². The molecule has 0 aliphatic carbocycles. The molecule has 0 radical (unpaired) electrons. The van der Waals surface area contributed by atoms with Crippen LogP contribution in [-0.4, -0.2) is 21.0 Å². The fourth-order valence-electron chi connectivity index (χ4n) is 1.26. The lowest BCUT2D eigenvalue weighted by Crippen LogP contribution is -2.31. The number of hydrogen-bond donors (Lipinski definition) is 1. The maximum atomic E-state index is 11.1. The molecule has 0 saturated heterocycles. The van der Waals surface area contributed by atoms with E-state index in [0.717, 1.165) is 11.4 Å². The van der Waals surface area contributed by atoms with Gasteiger partial charge in [0.15, 0.2) is 0 Å². The van der Waals surface area contributed by atoms with E-state index in [0.29, 0.717) is 5.82 Å². The summed E-state index contributed by atoms with van der Waals surface area (Å²) in [7, 11) is 0. The number of carboxylic acids is 1. The number of hydrogen-bond acceptors (Lipinski definition) is 3. The molecule has 1 heterocycles. The highest BCUT2D eigenvalue weighted by Crippen LogP contribution is 2.22.